The molecule has 0 aromatic heterocycles. The quantitative estimate of drug-likeness (QED) is 0.832. The second-order valence-electron chi connectivity index (χ2n) is 4.11. The van der Waals surface area contributed by atoms with Crippen LogP contribution in [0.4, 0.5) is 5.69 Å². The zero-order chi connectivity index (χ0) is 15.2. The number of rotatable bonds is 2. The molecule has 0 spiro atoms. The van der Waals surface area contributed by atoms with Gasteiger partial charge in [-0.25, -0.2) is 0 Å². The van der Waals surface area contributed by atoms with E-state index in [1.165, 1.54) is 0 Å². The average Bonchev–Trinajstić information content (AvgIpc) is 2.49. The van der Waals surface area contributed by atoms with E-state index in [0.717, 1.165) is 0 Å². The van der Waals surface area contributed by atoms with Gasteiger partial charge < -0.3 is 11.1 Å². The topological polar surface area (TPSA) is 55.1 Å². The van der Waals surface area contributed by atoms with Gasteiger partial charge in [0.25, 0.3) is 5.91 Å². The molecule has 0 saturated heterocycles. The van der Waals surface area contributed by atoms with E-state index in [1.54, 1.807) is 30.3 Å². The Morgan fingerprint density at radius 2 is 1.90 bits per heavy atom. The number of nitrogens with one attached hydrogen (secondary N) is 1. The van der Waals surface area contributed by atoms with Crippen LogP contribution in [0.3, 0.4) is 0 Å². The molecular weight excluding hydrogens is 307 g/mol. The van der Waals surface area contributed by atoms with Crippen LogP contribution in [0.1, 0.15) is 15.9 Å². The minimum absolute atomic E-state index is 0.224. The number of anilines is 1. The molecule has 2 aromatic rings. The molecule has 2 aromatic carbocycles. The lowest BCUT2D eigenvalue weighted by atomic mass is 10.1. The molecule has 21 heavy (non-hydrogen) atoms. The SMILES string of the molecule is NCC#Cc1ccccc1NC(=O)c1cccc(Cl)c1Cl. The molecule has 0 atom stereocenters. The maximum absolute atomic E-state index is 12.3. The zero-order valence-electron chi connectivity index (χ0n) is 11.0. The number of hydrogen-bond donors (Lipinski definition) is 2. The van der Waals surface area contributed by atoms with Crippen molar-refractivity contribution in [2.45, 2.75) is 0 Å². The second-order valence-corrected chi connectivity index (χ2v) is 4.89. The number of carbonyl (C=O) groups excluding carboxylic acids is 1. The predicted octanol–water partition coefficient (Wildman–Crippen LogP) is 3.56. The first-order chi connectivity index (χ1) is 10.1. The minimum atomic E-state index is -0.343. The predicted molar refractivity (Wildman–Crippen MR) is 86.8 cm³/mol. The van der Waals surface area contributed by atoms with Crippen molar-refractivity contribution in [2.24, 2.45) is 5.73 Å². The van der Waals surface area contributed by atoms with Crippen molar-refractivity contribution >= 4 is 34.8 Å². The summed E-state index contributed by atoms with van der Waals surface area (Å²) in [7, 11) is 0. The van der Waals surface area contributed by atoms with E-state index in [9.17, 15) is 4.79 Å². The van der Waals surface area contributed by atoms with Crippen molar-refractivity contribution in [1.29, 1.82) is 0 Å². The Balaban J connectivity index is 2.30. The number of benzene rings is 2. The third-order valence-corrected chi connectivity index (χ3v) is 3.52. The van der Waals surface area contributed by atoms with E-state index in [1.807, 2.05) is 12.1 Å². The number of amides is 1. The summed E-state index contributed by atoms with van der Waals surface area (Å²) in [4.78, 5) is 12.3. The summed E-state index contributed by atoms with van der Waals surface area (Å²) in [5.41, 5.74) is 6.96. The molecule has 0 bridgehead atoms. The first-order valence-electron chi connectivity index (χ1n) is 6.17. The fourth-order valence-corrected chi connectivity index (χ4v) is 2.10. The number of nitrogens with two attached hydrogens (primary N) is 1. The van der Waals surface area contributed by atoms with Gasteiger partial charge in [-0.15, -0.1) is 0 Å². The van der Waals surface area contributed by atoms with E-state index in [4.69, 9.17) is 28.9 Å². The average molecular weight is 319 g/mol. The number of halogens is 2. The van der Waals surface area contributed by atoms with Crippen LogP contribution in [0, 0.1) is 11.8 Å². The molecule has 1 amide bonds. The van der Waals surface area contributed by atoms with Crippen LogP contribution >= 0.6 is 23.2 Å². The first kappa shape index (κ1) is 15.4. The van der Waals surface area contributed by atoms with Crippen LogP contribution in [0.25, 0.3) is 0 Å². The van der Waals surface area contributed by atoms with Crippen molar-refractivity contribution in [3.63, 3.8) is 0 Å². The van der Waals surface area contributed by atoms with Crippen molar-refractivity contribution in [2.75, 3.05) is 11.9 Å². The van der Waals surface area contributed by atoms with Gasteiger partial charge in [-0.3, -0.25) is 4.79 Å². The Hall–Kier alpha value is -1.99. The van der Waals surface area contributed by atoms with Gasteiger partial charge in [0.1, 0.15) is 0 Å². The highest BCUT2D eigenvalue weighted by Crippen LogP contribution is 2.26. The van der Waals surface area contributed by atoms with Gasteiger partial charge in [0.2, 0.25) is 0 Å². The highest BCUT2D eigenvalue weighted by molar-refractivity contribution is 6.44. The van der Waals surface area contributed by atoms with Crippen LogP contribution in [0.15, 0.2) is 42.5 Å². The Labute approximate surface area is 133 Å². The standard InChI is InChI=1S/C16H12Cl2N2O/c17-13-8-3-7-12(15(13)18)16(21)20-14-9-2-1-5-11(14)6-4-10-19/h1-3,5,7-9H,10,19H2,(H,20,21). The normalized spacial score (nSPS) is 9.67. The van der Waals surface area contributed by atoms with Crippen molar-refractivity contribution < 1.29 is 4.79 Å². The zero-order valence-corrected chi connectivity index (χ0v) is 12.5. The molecule has 0 unspecified atom stereocenters. The second kappa shape index (κ2) is 7.14. The van der Waals surface area contributed by atoms with Gasteiger partial charge in [-0.2, -0.15) is 0 Å². The fraction of sp³-hybridized carbons (Fsp3) is 0.0625. The molecule has 3 N–H and O–H groups in total. The molecular formula is C16H12Cl2N2O. The third-order valence-electron chi connectivity index (χ3n) is 2.70. The van der Waals surface area contributed by atoms with Gasteiger partial charge in [-0.1, -0.05) is 53.2 Å². The van der Waals surface area contributed by atoms with Gasteiger partial charge in [0.15, 0.2) is 0 Å². The van der Waals surface area contributed by atoms with E-state index < -0.39 is 0 Å². The molecule has 0 radical (unpaired) electrons. The maximum atomic E-state index is 12.3. The summed E-state index contributed by atoms with van der Waals surface area (Å²) in [6.07, 6.45) is 0. The third kappa shape index (κ3) is 3.77. The molecule has 0 fully saturated rings. The molecule has 0 heterocycles. The Morgan fingerprint density at radius 1 is 1.14 bits per heavy atom. The summed E-state index contributed by atoms with van der Waals surface area (Å²) >= 11 is 12.0. The molecule has 0 aliphatic carbocycles. The van der Waals surface area contributed by atoms with Crippen LogP contribution in [-0.4, -0.2) is 12.5 Å². The number of hydrogen-bond acceptors (Lipinski definition) is 2. The van der Waals surface area contributed by atoms with Gasteiger partial charge in [-0.05, 0) is 24.3 Å². The summed E-state index contributed by atoms with van der Waals surface area (Å²) in [5, 5.41) is 3.34. The van der Waals surface area contributed by atoms with Crippen LogP contribution in [0.5, 0.6) is 0 Å². The fourth-order valence-electron chi connectivity index (χ4n) is 1.72. The monoisotopic (exact) mass is 318 g/mol. The first-order valence-corrected chi connectivity index (χ1v) is 6.92. The lowest BCUT2D eigenvalue weighted by Gasteiger charge is -2.09. The smallest absolute Gasteiger partial charge is 0.257 e. The molecule has 0 saturated carbocycles. The molecule has 0 aliphatic heterocycles. The number of para-hydroxylation sites is 1. The minimum Gasteiger partial charge on any atom is -0.321 e. The highest BCUT2D eigenvalue weighted by Gasteiger charge is 2.13. The van der Waals surface area contributed by atoms with E-state index in [-0.39, 0.29) is 17.5 Å². The van der Waals surface area contributed by atoms with Gasteiger partial charge >= 0.3 is 0 Å². The molecule has 106 valence electrons. The van der Waals surface area contributed by atoms with E-state index in [2.05, 4.69) is 17.2 Å². The lowest BCUT2D eigenvalue weighted by molar-refractivity contribution is 0.102. The molecule has 3 nitrogen and oxygen atoms in total. The Kier molecular flexibility index (Phi) is 5.24. The van der Waals surface area contributed by atoms with Crippen molar-refractivity contribution in [1.82, 2.24) is 0 Å². The summed E-state index contributed by atoms with van der Waals surface area (Å²) in [5.74, 6) is 5.32. The van der Waals surface area contributed by atoms with Gasteiger partial charge in [0.05, 0.1) is 27.8 Å². The largest absolute Gasteiger partial charge is 0.321 e. The van der Waals surface area contributed by atoms with Crippen LogP contribution in [0.2, 0.25) is 10.0 Å². The molecule has 0 aliphatic rings. The van der Waals surface area contributed by atoms with Crippen molar-refractivity contribution in [3.8, 4) is 11.8 Å². The Bertz CT molecular complexity index is 733. The van der Waals surface area contributed by atoms with Gasteiger partial charge in [0, 0.05) is 5.56 Å². The molecule has 5 heteroatoms. The lowest BCUT2D eigenvalue weighted by Crippen LogP contribution is -2.13. The number of carbonyl (C=O) groups is 1. The van der Waals surface area contributed by atoms with E-state index >= 15 is 0 Å². The van der Waals surface area contributed by atoms with E-state index in [0.29, 0.717) is 21.8 Å². The molecule has 2 rings (SSSR count). The highest BCUT2D eigenvalue weighted by atomic mass is 35.5. The summed E-state index contributed by atoms with van der Waals surface area (Å²) < 4.78 is 0. The Morgan fingerprint density at radius 3 is 2.67 bits per heavy atom. The van der Waals surface area contributed by atoms with Crippen LogP contribution in [-0.2, 0) is 0 Å². The summed E-state index contributed by atoms with van der Waals surface area (Å²) in [6.45, 7) is 0.252. The maximum Gasteiger partial charge on any atom is 0.257 e. The summed E-state index contributed by atoms with van der Waals surface area (Å²) in [6, 6.07) is 12.1. The van der Waals surface area contributed by atoms with Crippen LogP contribution < -0.4 is 11.1 Å². The van der Waals surface area contributed by atoms with Crippen molar-refractivity contribution in [3.05, 3.63) is 63.6 Å².